The predicted molar refractivity (Wildman–Crippen MR) is 70.3 cm³/mol. The highest BCUT2D eigenvalue weighted by Gasteiger charge is 2.28. The van der Waals surface area contributed by atoms with Crippen molar-refractivity contribution in [1.82, 2.24) is 4.90 Å². The summed E-state index contributed by atoms with van der Waals surface area (Å²) in [6.45, 7) is 1.49. The van der Waals surface area contributed by atoms with Gasteiger partial charge in [0.05, 0.1) is 0 Å². The minimum atomic E-state index is 0.00505. The lowest BCUT2D eigenvalue weighted by Crippen LogP contribution is -2.50. The SMILES string of the molecule is O=C(C=Cc1ccccc1Br)N1CC(CO)C1. The molecular weight excluding hydrogens is 282 g/mol. The van der Waals surface area contributed by atoms with Crippen LogP contribution in [-0.2, 0) is 4.79 Å². The van der Waals surface area contributed by atoms with Crippen molar-refractivity contribution in [2.24, 2.45) is 5.92 Å². The Balaban J connectivity index is 1.93. The molecule has 2 rings (SSSR count). The second-order valence-electron chi connectivity index (χ2n) is 4.15. The minimum absolute atomic E-state index is 0.00505. The van der Waals surface area contributed by atoms with Crippen LogP contribution in [0, 0.1) is 5.92 Å². The average Bonchev–Trinajstić information content (AvgIpc) is 2.26. The molecule has 17 heavy (non-hydrogen) atoms. The van der Waals surface area contributed by atoms with E-state index in [1.165, 1.54) is 0 Å². The van der Waals surface area contributed by atoms with Crippen LogP contribution in [0.3, 0.4) is 0 Å². The van der Waals surface area contributed by atoms with Gasteiger partial charge in [-0.25, -0.2) is 0 Å². The fourth-order valence-corrected chi connectivity index (χ4v) is 2.16. The van der Waals surface area contributed by atoms with E-state index in [0.29, 0.717) is 13.1 Å². The topological polar surface area (TPSA) is 40.5 Å². The van der Waals surface area contributed by atoms with Gasteiger partial charge in [-0.1, -0.05) is 34.1 Å². The van der Waals surface area contributed by atoms with Crippen molar-refractivity contribution in [1.29, 1.82) is 0 Å². The first kappa shape index (κ1) is 12.3. The van der Waals surface area contributed by atoms with Crippen LogP contribution in [0.4, 0.5) is 0 Å². The Labute approximate surface area is 109 Å². The van der Waals surface area contributed by atoms with E-state index >= 15 is 0 Å². The number of likely N-dealkylation sites (tertiary alicyclic amines) is 1. The highest BCUT2D eigenvalue weighted by Crippen LogP contribution is 2.18. The van der Waals surface area contributed by atoms with Crippen molar-refractivity contribution >= 4 is 27.9 Å². The maximum Gasteiger partial charge on any atom is 0.246 e. The fourth-order valence-electron chi connectivity index (χ4n) is 1.74. The van der Waals surface area contributed by atoms with Gasteiger partial charge in [0, 0.05) is 36.2 Å². The molecule has 1 aromatic carbocycles. The molecule has 1 heterocycles. The molecule has 0 radical (unpaired) electrons. The zero-order chi connectivity index (χ0) is 12.3. The van der Waals surface area contributed by atoms with E-state index < -0.39 is 0 Å². The van der Waals surface area contributed by atoms with Crippen molar-refractivity contribution in [3.05, 3.63) is 40.4 Å². The van der Waals surface area contributed by atoms with E-state index in [1.807, 2.05) is 24.3 Å². The number of amides is 1. The number of halogens is 1. The van der Waals surface area contributed by atoms with Gasteiger partial charge in [0.15, 0.2) is 0 Å². The molecule has 90 valence electrons. The number of benzene rings is 1. The molecule has 1 saturated heterocycles. The number of hydrogen-bond acceptors (Lipinski definition) is 2. The lowest BCUT2D eigenvalue weighted by molar-refractivity contribution is -0.132. The third-order valence-corrected chi connectivity index (χ3v) is 3.56. The van der Waals surface area contributed by atoms with Crippen LogP contribution in [0.15, 0.2) is 34.8 Å². The molecule has 0 bridgehead atoms. The lowest BCUT2D eigenvalue weighted by Gasteiger charge is -2.37. The summed E-state index contributed by atoms with van der Waals surface area (Å²) in [6.07, 6.45) is 3.38. The number of carbonyl (C=O) groups excluding carboxylic acids is 1. The normalized spacial score (nSPS) is 16.2. The van der Waals surface area contributed by atoms with E-state index in [-0.39, 0.29) is 18.4 Å². The van der Waals surface area contributed by atoms with Gasteiger partial charge >= 0.3 is 0 Å². The summed E-state index contributed by atoms with van der Waals surface area (Å²) < 4.78 is 0.973. The van der Waals surface area contributed by atoms with Crippen LogP contribution >= 0.6 is 15.9 Å². The van der Waals surface area contributed by atoms with Gasteiger partial charge in [0.1, 0.15) is 0 Å². The van der Waals surface area contributed by atoms with Crippen LogP contribution in [0.1, 0.15) is 5.56 Å². The summed E-state index contributed by atoms with van der Waals surface area (Å²) in [4.78, 5) is 13.4. The lowest BCUT2D eigenvalue weighted by atomic mass is 10.0. The maximum absolute atomic E-state index is 11.7. The number of hydrogen-bond donors (Lipinski definition) is 1. The van der Waals surface area contributed by atoms with E-state index in [0.717, 1.165) is 10.0 Å². The molecular formula is C13H14BrNO2. The molecule has 1 aromatic rings. The van der Waals surface area contributed by atoms with E-state index in [9.17, 15) is 4.79 Å². The van der Waals surface area contributed by atoms with Gasteiger partial charge < -0.3 is 10.0 Å². The second-order valence-corrected chi connectivity index (χ2v) is 5.00. The van der Waals surface area contributed by atoms with E-state index in [2.05, 4.69) is 15.9 Å². The molecule has 0 unspecified atom stereocenters. The van der Waals surface area contributed by atoms with Crippen LogP contribution in [0.5, 0.6) is 0 Å². The Morgan fingerprint density at radius 1 is 1.47 bits per heavy atom. The Hall–Kier alpha value is -1.13. The predicted octanol–water partition coefficient (Wildman–Crippen LogP) is 1.91. The number of carbonyl (C=O) groups is 1. The second kappa shape index (κ2) is 5.47. The number of aliphatic hydroxyl groups is 1. The van der Waals surface area contributed by atoms with Gasteiger partial charge in [-0.3, -0.25) is 4.79 Å². The first-order chi connectivity index (χ1) is 8.20. The first-order valence-electron chi connectivity index (χ1n) is 5.53. The van der Waals surface area contributed by atoms with Gasteiger partial charge in [0.25, 0.3) is 0 Å². The summed E-state index contributed by atoms with van der Waals surface area (Å²) >= 11 is 3.43. The number of nitrogens with zero attached hydrogens (tertiary/aromatic N) is 1. The average molecular weight is 296 g/mol. The Morgan fingerprint density at radius 3 is 2.82 bits per heavy atom. The quantitative estimate of drug-likeness (QED) is 0.866. The Bertz CT molecular complexity index is 439. The largest absolute Gasteiger partial charge is 0.396 e. The number of aliphatic hydroxyl groups excluding tert-OH is 1. The molecule has 0 saturated carbocycles. The van der Waals surface area contributed by atoms with Crippen LogP contribution in [-0.4, -0.2) is 35.6 Å². The smallest absolute Gasteiger partial charge is 0.246 e. The highest BCUT2D eigenvalue weighted by molar-refractivity contribution is 9.10. The van der Waals surface area contributed by atoms with Gasteiger partial charge in [0.2, 0.25) is 5.91 Å². The molecule has 0 aromatic heterocycles. The molecule has 1 aliphatic heterocycles. The molecule has 1 N–H and O–H groups in total. The summed E-state index contributed by atoms with van der Waals surface area (Å²) in [6, 6.07) is 7.75. The van der Waals surface area contributed by atoms with Gasteiger partial charge in [-0.05, 0) is 17.7 Å². The van der Waals surface area contributed by atoms with Crippen LogP contribution in [0.25, 0.3) is 6.08 Å². The third kappa shape index (κ3) is 2.96. The maximum atomic E-state index is 11.7. The summed E-state index contributed by atoms with van der Waals surface area (Å²) in [5, 5.41) is 8.87. The molecule has 0 spiro atoms. The van der Waals surface area contributed by atoms with Crippen molar-refractivity contribution in [3.8, 4) is 0 Å². The monoisotopic (exact) mass is 295 g/mol. The molecule has 4 heteroatoms. The van der Waals surface area contributed by atoms with Crippen LogP contribution in [0.2, 0.25) is 0 Å². The highest BCUT2D eigenvalue weighted by atomic mass is 79.9. The molecule has 0 aliphatic carbocycles. The van der Waals surface area contributed by atoms with E-state index in [4.69, 9.17) is 5.11 Å². The fraction of sp³-hybridized carbons (Fsp3) is 0.308. The zero-order valence-electron chi connectivity index (χ0n) is 9.34. The molecule has 1 aliphatic rings. The van der Waals surface area contributed by atoms with Crippen LogP contribution < -0.4 is 0 Å². The third-order valence-electron chi connectivity index (χ3n) is 2.84. The molecule has 0 atom stereocenters. The summed E-state index contributed by atoms with van der Waals surface area (Å²) in [7, 11) is 0. The summed E-state index contributed by atoms with van der Waals surface area (Å²) in [5.74, 6) is 0.265. The van der Waals surface area contributed by atoms with Crippen molar-refractivity contribution in [2.75, 3.05) is 19.7 Å². The van der Waals surface area contributed by atoms with Crippen molar-refractivity contribution < 1.29 is 9.90 Å². The van der Waals surface area contributed by atoms with Crippen molar-refractivity contribution in [2.45, 2.75) is 0 Å². The molecule has 1 amide bonds. The summed E-state index contributed by atoms with van der Waals surface area (Å²) in [5.41, 5.74) is 0.986. The van der Waals surface area contributed by atoms with E-state index in [1.54, 1.807) is 17.1 Å². The van der Waals surface area contributed by atoms with Gasteiger partial charge in [-0.15, -0.1) is 0 Å². The zero-order valence-corrected chi connectivity index (χ0v) is 10.9. The Morgan fingerprint density at radius 2 is 2.18 bits per heavy atom. The molecule has 1 fully saturated rings. The van der Waals surface area contributed by atoms with Gasteiger partial charge in [-0.2, -0.15) is 0 Å². The van der Waals surface area contributed by atoms with Crippen molar-refractivity contribution in [3.63, 3.8) is 0 Å². The minimum Gasteiger partial charge on any atom is -0.396 e. The Kier molecular flexibility index (Phi) is 3.97. The standard InChI is InChI=1S/C13H14BrNO2/c14-12-4-2-1-3-11(12)5-6-13(17)15-7-10(8-15)9-16/h1-6,10,16H,7-9H2. The molecule has 3 nitrogen and oxygen atoms in total. The number of rotatable bonds is 3. The first-order valence-corrected chi connectivity index (χ1v) is 6.32.